The van der Waals surface area contributed by atoms with E-state index in [0.717, 1.165) is 30.9 Å². The van der Waals surface area contributed by atoms with Crippen LogP contribution in [0, 0.1) is 11.8 Å². The SMILES string of the molecule is CN=C(NCC(C)C)NCC1CC1c1ccccc1.I. The van der Waals surface area contributed by atoms with Crippen LogP contribution in [0.3, 0.4) is 0 Å². The van der Waals surface area contributed by atoms with Gasteiger partial charge in [0.1, 0.15) is 0 Å². The highest BCUT2D eigenvalue weighted by Gasteiger charge is 2.37. The van der Waals surface area contributed by atoms with Gasteiger partial charge in [0.15, 0.2) is 5.96 Å². The van der Waals surface area contributed by atoms with Crippen LogP contribution in [0.1, 0.15) is 31.7 Å². The Labute approximate surface area is 139 Å². The van der Waals surface area contributed by atoms with Crippen molar-refractivity contribution in [3.05, 3.63) is 35.9 Å². The number of halogens is 1. The zero-order valence-corrected chi connectivity index (χ0v) is 14.9. The molecule has 0 radical (unpaired) electrons. The lowest BCUT2D eigenvalue weighted by Gasteiger charge is -2.13. The summed E-state index contributed by atoms with van der Waals surface area (Å²) in [7, 11) is 1.83. The van der Waals surface area contributed by atoms with Gasteiger partial charge in [0.05, 0.1) is 0 Å². The van der Waals surface area contributed by atoms with Crippen molar-refractivity contribution in [2.45, 2.75) is 26.2 Å². The molecule has 0 aliphatic heterocycles. The predicted molar refractivity (Wildman–Crippen MR) is 96.9 cm³/mol. The van der Waals surface area contributed by atoms with Crippen LogP contribution in [-0.2, 0) is 0 Å². The molecule has 4 heteroatoms. The first-order chi connectivity index (χ1) is 9.20. The van der Waals surface area contributed by atoms with Gasteiger partial charge in [0, 0.05) is 20.1 Å². The molecule has 1 saturated carbocycles. The van der Waals surface area contributed by atoms with Crippen LogP contribution in [0.25, 0.3) is 0 Å². The first-order valence-corrected chi connectivity index (χ1v) is 7.20. The first kappa shape index (κ1) is 17.3. The van der Waals surface area contributed by atoms with E-state index >= 15 is 0 Å². The summed E-state index contributed by atoms with van der Waals surface area (Å²) in [6, 6.07) is 10.8. The molecule has 0 spiro atoms. The monoisotopic (exact) mass is 387 g/mol. The van der Waals surface area contributed by atoms with Crippen molar-refractivity contribution in [1.82, 2.24) is 10.6 Å². The molecule has 1 aromatic rings. The van der Waals surface area contributed by atoms with Gasteiger partial charge in [-0.05, 0) is 29.7 Å². The van der Waals surface area contributed by atoms with E-state index in [1.165, 1.54) is 12.0 Å². The molecule has 1 aliphatic rings. The summed E-state index contributed by atoms with van der Waals surface area (Å²) in [5, 5.41) is 6.77. The molecule has 112 valence electrons. The molecule has 1 aliphatic carbocycles. The Morgan fingerprint density at radius 2 is 1.95 bits per heavy atom. The van der Waals surface area contributed by atoms with Crippen LogP contribution in [0.15, 0.2) is 35.3 Å². The van der Waals surface area contributed by atoms with E-state index in [1.807, 2.05) is 7.05 Å². The van der Waals surface area contributed by atoms with E-state index in [9.17, 15) is 0 Å². The third-order valence-electron chi connectivity index (χ3n) is 3.58. The second kappa shape index (κ2) is 8.49. The van der Waals surface area contributed by atoms with E-state index in [-0.39, 0.29) is 24.0 Å². The highest BCUT2D eigenvalue weighted by Crippen LogP contribution is 2.46. The van der Waals surface area contributed by atoms with Gasteiger partial charge in [-0.25, -0.2) is 0 Å². The molecular weight excluding hydrogens is 361 g/mol. The lowest BCUT2D eigenvalue weighted by Crippen LogP contribution is -2.40. The number of hydrogen-bond acceptors (Lipinski definition) is 1. The van der Waals surface area contributed by atoms with Crippen LogP contribution in [0.2, 0.25) is 0 Å². The molecule has 0 amide bonds. The maximum atomic E-state index is 4.25. The molecule has 3 nitrogen and oxygen atoms in total. The third kappa shape index (κ3) is 5.31. The van der Waals surface area contributed by atoms with Gasteiger partial charge in [-0.3, -0.25) is 4.99 Å². The largest absolute Gasteiger partial charge is 0.356 e. The number of guanidine groups is 1. The van der Waals surface area contributed by atoms with Crippen molar-refractivity contribution < 1.29 is 0 Å². The molecular formula is C16H26IN3. The van der Waals surface area contributed by atoms with Crippen LogP contribution >= 0.6 is 24.0 Å². The third-order valence-corrected chi connectivity index (χ3v) is 3.58. The zero-order chi connectivity index (χ0) is 13.7. The van der Waals surface area contributed by atoms with Crippen molar-refractivity contribution in [3.63, 3.8) is 0 Å². The van der Waals surface area contributed by atoms with E-state index in [1.54, 1.807) is 0 Å². The maximum Gasteiger partial charge on any atom is 0.190 e. The minimum Gasteiger partial charge on any atom is -0.356 e. The van der Waals surface area contributed by atoms with Crippen LogP contribution in [-0.4, -0.2) is 26.1 Å². The van der Waals surface area contributed by atoms with Crippen molar-refractivity contribution in [2.24, 2.45) is 16.8 Å². The fourth-order valence-corrected chi connectivity index (χ4v) is 2.33. The fraction of sp³-hybridized carbons (Fsp3) is 0.562. The molecule has 0 saturated heterocycles. The first-order valence-electron chi connectivity index (χ1n) is 7.20. The summed E-state index contributed by atoms with van der Waals surface area (Å²) in [4.78, 5) is 4.25. The molecule has 2 rings (SSSR count). The van der Waals surface area contributed by atoms with Crippen molar-refractivity contribution in [1.29, 1.82) is 0 Å². The zero-order valence-electron chi connectivity index (χ0n) is 12.6. The van der Waals surface area contributed by atoms with Crippen LogP contribution in [0.4, 0.5) is 0 Å². The van der Waals surface area contributed by atoms with Gasteiger partial charge in [0.25, 0.3) is 0 Å². The average molecular weight is 387 g/mol. The minimum absolute atomic E-state index is 0. The second-order valence-electron chi connectivity index (χ2n) is 5.74. The predicted octanol–water partition coefficient (Wildman–Crippen LogP) is 3.23. The number of rotatable bonds is 5. The Hall–Kier alpha value is -0.780. The number of benzene rings is 1. The lowest BCUT2D eigenvalue weighted by molar-refractivity contribution is 0.610. The maximum absolute atomic E-state index is 4.25. The minimum atomic E-state index is 0. The van der Waals surface area contributed by atoms with Crippen LogP contribution in [0.5, 0.6) is 0 Å². The number of nitrogens with zero attached hydrogens (tertiary/aromatic N) is 1. The lowest BCUT2D eigenvalue weighted by atomic mass is 10.1. The van der Waals surface area contributed by atoms with Crippen LogP contribution < -0.4 is 10.6 Å². The topological polar surface area (TPSA) is 36.4 Å². The quantitative estimate of drug-likeness (QED) is 0.463. The molecule has 1 aromatic carbocycles. The summed E-state index contributed by atoms with van der Waals surface area (Å²) in [6.45, 7) is 6.38. The molecule has 0 bridgehead atoms. The summed E-state index contributed by atoms with van der Waals surface area (Å²) < 4.78 is 0. The molecule has 0 heterocycles. The molecule has 2 atom stereocenters. The molecule has 2 unspecified atom stereocenters. The molecule has 2 N–H and O–H groups in total. The number of nitrogens with one attached hydrogen (secondary N) is 2. The molecule has 0 aromatic heterocycles. The van der Waals surface area contributed by atoms with E-state index in [2.05, 4.69) is 59.8 Å². The van der Waals surface area contributed by atoms with Gasteiger partial charge < -0.3 is 10.6 Å². The summed E-state index contributed by atoms with van der Waals surface area (Å²) >= 11 is 0. The number of hydrogen-bond donors (Lipinski definition) is 2. The van der Waals surface area contributed by atoms with Gasteiger partial charge in [-0.2, -0.15) is 0 Å². The summed E-state index contributed by atoms with van der Waals surface area (Å²) in [6.07, 6.45) is 1.29. The molecule has 20 heavy (non-hydrogen) atoms. The van der Waals surface area contributed by atoms with Crippen molar-refractivity contribution in [3.8, 4) is 0 Å². The van der Waals surface area contributed by atoms with E-state index in [4.69, 9.17) is 0 Å². The standard InChI is InChI=1S/C16H25N3.HI/c1-12(2)10-18-16(17-3)19-11-14-9-15(14)13-7-5-4-6-8-13;/h4-8,12,14-15H,9-11H2,1-3H3,(H2,17,18,19);1H. The van der Waals surface area contributed by atoms with Gasteiger partial charge >= 0.3 is 0 Å². The Kier molecular flexibility index (Phi) is 7.34. The summed E-state index contributed by atoms with van der Waals surface area (Å²) in [5.41, 5.74) is 1.47. The highest BCUT2D eigenvalue weighted by molar-refractivity contribution is 14.0. The Bertz CT molecular complexity index is 417. The van der Waals surface area contributed by atoms with Gasteiger partial charge in [-0.1, -0.05) is 44.2 Å². The average Bonchev–Trinajstić information content (AvgIpc) is 3.19. The smallest absolute Gasteiger partial charge is 0.190 e. The van der Waals surface area contributed by atoms with E-state index in [0.29, 0.717) is 5.92 Å². The van der Waals surface area contributed by atoms with Gasteiger partial charge in [0.2, 0.25) is 0 Å². The molecule has 1 fully saturated rings. The van der Waals surface area contributed by atoms with Crippen molar-refractivity contribution in [2.75, 3.05) is 20.1 Å². The Morgan fingerprint density at radius 1 is 1.25 bits per heavy atom. The number of aliphatic imine (C=N–C) groups is 1. The Balaban J connectivity index is 0.00000200. The normalized spacial score (nSPS) is 21.3. The fourth-order valence-electron chi connectivity index (χ4n) is 2.33. The second-order valence-corrected chi connectivity index (χ2v) is 5.74. The van der Waals surface area contributed by atoms with Crippen molar-refractivity contribution >= 4 is 29.9 Å². The van der Waals surface area contributed by atoms with E-state index < -0.39 is 0 Å². The van der Waals surface area contributed by atoms with Gasteiger partial charge in [-0.15, -0.1) is 24.0 Å². The highest BCUT2D eigenvalue weighted by atomic mass is 127. The Morgan fingerprint density at radius 3 is 2.55 bits per heavy atom. The summed E-state index contributed by atoms with van der Waals surface area (Å²) in [5.74, 6) is 3.04.